The molecule has 0 fully saturated rings. The topological polar surface area (TPSA) is 121 Å². The number of rotatable bonds is 6. The lowest BCUT2D eigenvalue weighted by molar-refractivity contribution is -0.113. The Morgan fingerprint density at radius 1 is 1.27 bits per heavy atom. The molecule has 0 spiro atoms. The van der Waals surface area contributed by atoms with Crippen LogP contribution in [0.4, 0.5) is 5.69 Å². The first kappa shape index (κ1) is 16.5. The summed E-state index contributed by atoms with van der Waals surface area (Å²) in [5.41, 5.74) is 1.66. The van der Waals surface area contributed by atoms with Crippen LogP contribution in [-0.4, -0.2) is 41.8 Å². The van der Waals surface area contributed by atoms with Gasteiger partial charge in [-0.15, -0.1) is 16.4 Å². The summed E-state index contributed by atoms with van der Waals surface area (Å²) in [5.74, 6) is -0.00937. The van der Waals surface area contributed by atoms with Crippen LogP contribution in [0.3, 0.4) is 0 Å². The minimum absolute atomic E-state index is 0.173. The van der Waals surface area contributed by atoms with Crippen molar-refractivity contribution >= 4 is 45.7 Å². The van der Waals surface area contributed by atoms with E-state index in [4.69, 9.17) is 0 Å². The van der Waals surface area contributed by atoms with Crippen LogP contribution >= 0.6 is 23.1 Å². The van der Waals surface area contributed by atoms with Crippen LogP contribution in [-0.2, 0) is 11.3 Å². The number of amides is 1. The average molecular weight is 387 g/mol. The van der Waals surface area contributed by atoms with E-state index in [9.17, 15) is 9.59 Å². The standard InChI is InChI=1S/C15H13N7O2S2/c23-13(16-9-3-4-11-12(6-9)18-14(24)17-11)8-26-15-19-20-21-22(15)7-10-2-1-5-25-10/h1-6H,7-8H2,(H,16,23)(H2,17,18,24). The van der Waals surface area contributed by atoms with Gasteiger partial charge in [-0.05, 0) is 40.1 Å². The maximum atomic E-state index is 12.2. The molecule has 0 saturated carbocycles. The Labute approximate surface area is 154 Å². The molecule has 1 aromatic carbocycles. The van der Waals surface area contributed by atoms with Crippen molar-refractivity contribution in [3.63, 3.8) is 0 Å². The van der Waals surface area contributed by atoms with Crippen molar-refractivity contribution in [2.24, 2.45) is 0 Å². The fourth-order valence-electron chi connectivity index (χ4n) is 2.39. The van der Waals surface area contributed by atoms with Crippen molar-refractivity contribution in [3.05, 3.63) is 51.1 Å². The molecule has 3 aromatic heterocycles. The molecule has 3 heterocycles. The van der Waals surface area contributed by atoms with Crippen molar-refractivity contribution in [2.75, 3.05) is 11.1 Å². The molecule has 0 atom stereocenters. The molecule has 1 amide bonds. The van der Waals surface area contributed by atoms with Gasteiger partial charge in [-0.1, -0.05) is 17.8 Å². The first-order valence-electron chi connectivity index (χ1n) is 7.60. The molecular formula is C15H13N7O2S2. The number of fused-ring (bicyclic) bond motifs is 1. The number of imidazole rings is 1. The first-order chi connectivity index (χ1) is 12.7. The quantitative estimate of drug-likeness (QED) is 0.433. The number of nitrogens with one attached hydrogen (secondary N) is 3. The van der Waals surface area contributed by atoms with Gasteiger partial charge < -0.3 is 15.3 Å². The predicted molar refractivity (Wildman–Crippen MR) is 99.5 cm³/mol. The molecule has 132 valence electrons. The summed E-state index contributed by atoms with van der Waals surface area (Å²) in [6.07, 6.45) is 0. The number of aromatic amines is 2. The number of H-pyrrole nitrogens is 2. The second-order valence-corrected chi connectivity index (χ2v) is 7.35. The molecular weight excluding hydrogens is 374 g/mol. The highest BCUT2D eigenvalue weighted by molar-refractivity contribution is 7.99. The highest BCUT2D eigenvalue weighted by atomic mass is 32.2. The minimum Gasteiger partial charge on any atom is -0.325 e. The smallest absolute Gasteiger partial charge is 0.323 e. The molecule has 0 aliphatic heterocycles. The maximum Gasteiger partial charge on any atom is 0.323 e. The zero-order valence-corrected chi connectivity index (χ0v) is 14.9. The molecule has 0 saturated heterocycles. The molecule has 0 aliphatic rings. The van der Waals surface area contributed by atoms with Gasteiger partial charge in [0.05, 0.1) is 23.3 Å². The van der Waals surface area contributed by atoms with Crippen LogP contribution in [0.1, 0.15) is 4.88 Å². The lowest BCUT2D eigenvalue weighted by Crippen LogP contribution is -2.14. The van der Waals surface area contributed by atoms with Crippen molar-refractivity contribution < 1.29 is 4.79 Å². The van der Waals surface area contributed by atoms with E-state index in [1.54, 1.807) is 34.2 Å². The number of thiophene rings is 1. The van der Waals surface area contributed by atoms with E-state index in [2.05, 4.69) is 30.8 Å². The monoisotopic (exact) mass is 387 g/mol. The van der Waals surface area contributed by atoms with E-state index in [1.165, 1.54) is 11.8 Å². The molecule has 3 N–H and O–H groups in total. The van der Waals surface area contributed by atoms with Gasteiger partial charge in [-0.3, -0.25) is 4.79 Å². The van der Waals surface area contributed by atoms with Crippen LogP contribution in [0.25, 0.3) is 11.0 Å². The van der Waals surface area contributed by atoms with Gasteiger partial charge in [-0.25, -0.2) is 9.48 Å². The second kappa shape index (κ2) is 7.14. The summed E-state index contributed by atoms with van der Waals surface area (Å²) in [6, 6.07) is 9.15. The highest BCUT2D eigenvalue weighted by Crippen LogP contribution is 2.18. The molecule has 9 nitrogen and oxygen atoms in total. The first-order valence-corrected chi connectivity index (χ1v) is 9.47. The fourth-order valence-corrected chi connectivity index (χ4v) is 3.75. The Morgan fingerprint density at radius 3 is 3.00 bits per heavy atom. The Morgan fingerprint density at radius 2 is 2.15 bits per heavy atom. The van der Waals surface area contributed by atoms with Gasteiger partial charge in [0.25, 0.3) is 0 Å². The number of aromatic nitrogens is 6. The third-order valence-electron chi connectivity index (χ3n) is 3.52. The second-order valence-electron chi connectivity index (χ2n) is 5.37. The highest BCUT2D eigenvalue weighted by Gasteiger charge is 2.11. The number of benzene rings is 1. The summed E-state index contributed by atoms with van der Waals surface area (Å²) in [4.78, 5) is 29.9. The van der Waals surface area contributed by atoms with Gasteiger partial charge in [-0.2, -0.15) is 0 Å². The number of anilines is 1. The van der Waals surface area contributed by atoms with Gasteiger partial charge in [0.2, 0.25) is 11.1 Å². The van der Waals surface area contributed by atoms with Gasteiger partial charge in [0.1, 0.15) is 0 Å². The van der Waals surface area contributed by atoms with Crippen LogP contribution in [0.2, 0.25) is 0 Å². The normalized spacial score (nSPS) is 11.1. The third-order valence-corrected chi connectivity index (χ3v) is 5.34. The SMILES string of the molecule is O=C(CSc1nnnn1Cc1cccs1)Nc1ccc2[nH]c(=O)[nH]c2c1. The molecule has 4 rings (SSSR count). The van der Waals surface area contributed by atoms with Crippen LogP contribution < -0.4 is 11.0 Å². The molecule has 26 heavy (non-hydrogen) atoms. The Bertz CT molecular complexity index is 1100. The number of nitrogens with zero attached hydrogens (tertiary/aromatic N) is 4. The van der Waals surface area contributed by atoms with Crippen LogP contribution in [0.15, 0.2) is 45.7 Å². The number of carbonyl (C=O) groups excluding carboxylic acids is 1. The lowest BCUT2D eigenvalue weighted by atomic mass is 10.3. The van der Waals surface area contributed by atoms with E-state index in [1.807, 2.05) is 17.5 Å². The van der Waals surface area contributed by atoms with E-state index < -0.39 is 0 Å². The fraction of sp³-hybridized carbons (Fsp3) is 0.133. The molecule has 4 aromatic rings. The van der Waals surface area contributed by atoms with Gasteiger partial charge in [0, 0.05) is 10.6 Å². The van der Waals surface area contributed by atoms with E-state index >= 15 is 0 Å². The Balaban J connectivity index is 1.38. The molecule has 0 radical (unpaired) electrons. The van der Waals surface area contributed by atoms with E-state index in [-0.39, 0.29) is 17.3 Å². The summed E-state index contributed by atoms with van der Waals surface area (Å²) in [6.45, 7) is 0.576. The van der Waals surface area contributed by atoms with Crippen LogP contribution in [0.5, 0.6) is 0 Å². The predicted octanol–water partition coefficient (Wildman–Crippen LogP) is 1.68. The minimum atomic E-state index is -0.281. The van der Waals surface area contributed by atoms with Crippen molar-refractivity contribution in [1.82, 2.24) is 30.2 Å². The van der Waals surface area contributed by atoms with Crippen LogP contribution in [0, 0.1) is 0 Å². The van der Waals surface area contributed by atoms with Gasteiger partial charge >= 0.3 is 5.69 Å². The number of carbonyl (C=O) groups is 1. The van der Waals surface area contributed by atoms with Gasteiger partial charge in [0.15, 0.2) is 0 Å². The summed E-state index contributed by atoms with van der Waals surface area (Å²) < 4.78 is 1.67. The zero-order chi connectivity index (χ0) is 17.9. The number of thioether (sulfide) groups is 1. The van der Waals surface area contributed by atoms with E-state index in [0.29, 0.717) is 28.4 Å². The largest absolute Gasteiger partial charge is 0.325 e. The lowest BCUT2D eigenvalue weighted by Gasteiger charge is -2.05. The zero-order valence-electron chi connectivity index (χ0n) is 13.3. The average Bonchev–Trinajstić information content (AvgIpc) is 3.34. The molecule has 0 bridgehead atoms. The van der Waals surface area contributed by atoms with Crippen molar-refractivity contribution in [1.29, 1.82) is 0 Å². The summed E-state index contributed by atoms with van der Waals surface area (Å²) >= 11 is 2.89. The summed E-state index contributed by atoms with van der Waals surface area (Å²) in [7, 11) is 0. The maximum absolute atomic E-state index is 12.2. The number of tetrazole rings is 1. The summed E-state index contributed by atoms with van der Waals surface area (Å²) in [5, 5.41) is 17.0. The Hall–Kier alpha value is -2.92. The third kappa shape index (κ3) is 3.68. The number of hydrogen-bond donors (Lipinski definition) is 3. The number of hydrogen-bond acceptors (Lipinski definition) is 7. The molecule has 0 aliphatic carbocycles. The van der Waals surface area contributed by atoms with E-state index in [0.717, 1.165) is 4.88 Å². The van der Waals surface area contributed by atoms with Crippen molar-refractivity contribution in [3.8, 4) is 0 Å². The molecule has 11 heteroatoms. The molecule has 0 unspecified atom stereocenters. The Kier molecular flexibility index (Phi) is 4.54. The van der Waals surface area contributed by atoms with Crippen molar-refractivity contribution in [2.45, 2.75) is 11.7 Å².